The first-order chi connectivity index (χ1) is 9.95. The van der Waals surface area contributed by atoms with E-state index in [0.717, 1.165) is 6.16 Å². The number of allylic oxidation sites excluding steroid dienone is 2. The highest BCUT2D eigenvalue weighted by Gasteiger charge is 2.32. The number of carbonyl (C=O) groups is 3. The predicted octanol–water partition coefficient (Wildman–Crippen LogP) is 2.78. The maximum Gasteiger partial charge on any atom is 0.311 e. The van der Waals surface area contributed by atoms with Crippen molar-refractivity contribution in [1.29, 1.82) is 0 Å². The average molecular weight is 304 g/mol. The summed E-state index contributed by atoms with van der Waals surface area (Å²) < 4.78 is 5.18. The van der Waals surface area contributed by atoms with Gasteiger partial charge < -0.3 is 4.74 Å². The van der Waals surface area contributed by atoms with E-state index in [1.54, 1.807) is 24.3 Å². The highest BCUT2D eigenvalue weighted by Crippen LogP contribution is 2.27. The average Bonchev–Trinajstić information content (AvgIpc) is 2.49. The Morgan fingerprint density at radius 2 is 1.76 bits per heavy atom. The van der Waals surface area contributed by atoms with Crippen LogP contribution in [0.25, 0.3) is 0 Å². The highest BCUT2D eigenvalue weighted by atomic mass is 31.0. The number of benzene rings is 1. The van der Waals surface area contributed by atoms with Crippen LogP contribution in [0.4, 0.5) is 0 Å². The fourth-order valence-electron chi connectivity index (χ4n) is 2.12. The number of ketones is 2. The number of ether oxygens (including phenoxy) is 1. The van der Waals surface area contributed by atoms with Gasteiger partial charge in [-0.05, 0) is 19.0 Å². The second kappa shape index (κ2) is 6.31. The van der Waals surface area contributed by atoms with Crippen LogP contribution >= 0.6 is 9.24 Å². The van der Waals surface area contributed by atoms with Gasteiger partial charge in [-0.25, -0.2) is 0 Å². The molecule has 4 nitrogen and oxygen atoms in total. The predicted molar refractivity (Wildman–Crippen MR) is 82.3 cm³/mol. The molecule has 0 bridgehead atoms. The van der Waals surface area contributed by atoms with Crippen LogP contribution in [0.5, 0.6) is 0 Å². The molecule has 21 heavy (non-hydrogen) atoms. The van der Waals surface area contributed by atoms with Gasteiger partial charge in [0, 0.05) is 23.1 Å². The summed E-state index contributed by atoms with van der Waals surface area (Å²) in [5.41, 5.74) is 0.832. The Morgan fingerprint density at radius 3 is 2.33 bits per heavy atom. The largest absolute Gasteiger partial charge is 0.422 e. The maximum absolute atomic E-state index is 12.4. The monoisotopic (exact) mass is 304 g/mol. The molecule has 1 aromatic carbocycles. The van der Waals surface area contributed by atoms with Gasteiger partial charge in [-0.1, -0.05) is 31.2 Å². The third-order valence-corrected chi connectivity index (χ3v) is 4.24. The van der Waals surface area contributed by atoms with Gasteiger partial charge in [0.05, 0.1) is 0 Å². The Kier molecular flexibility index (Phi) is 4.69. The molecular formula is C16H17O4P. The van der Waals surface area contributed by atoms with E-state index in [2.05, 4.69) is 9.24 Å². The molecule has 0 amide bonds. The zero-order valence-electron chi connectivity index (χ0n) is 12.0. The summed E-state index contributed by atoms with van der Waals surface area (Å²) >= 11 is 0. The molecule has 0 radical (unpaired) electrons. The van der Waals surface area contributed by atoms with Crippen molar-refractivity contribution in [2.24, 2.45) is 5.92 Å². The fourth-order valence-corrected chi connectivity index (χ4v) is 2.29. The smallest absolute Gasteiger partial charge is 0.311 e. The van der Waals surface area contributed by atoms with E-state index in [0.29, 0.717) is 5.56 Å². The van der Waals surface area contributed by atoms with Crippen molar-refractivity contribution in [3.8, 4) is 0 Å². The SMILES string of the molecule is CC1=C(OC(=O)CC(C)CP)C(=O)c2ccccc2C1=O. The summed E-state index contributed by atoms with van der Waals surface area (Å²) in [6, 6.07) is 6.56. The summed E-state index contributed by atoms with van der Waals surface area (Å²) in [5.74, 6) is -1.16. The second-order valence-corrected chi connectivity index (χ2v) is 5.65. The second-order valence-electron chi connectivity index (χ2n) is 5.18. The maximum atomic E-state index is 12.4. The molecule has 2 unspecified atom stereocenters. The third kappa shape index (κ3) is 3.11. The minimum absolute atomic E-state index is 0.139. The van der Waals surface area contributed by atoms with Crippen LogP contribution in [-0.2, 0) is 9.53 Å². The van der Waals surface area contributed by atoms with Gasteiger partial charge in [-0.2, -0.15) is 0 Å². The third-order valence-electron chi connectivity index (χ3n) is 3.44. The van der Waals surface area contributed by atoms with Crippen molar-refractivity contribution in [2.45, 2.75) is 20.3 Å². The van der Waals surface area contributed by atoms with Crippen LogP contribution in [0.1, 0.15) is 41.0 Å². The molecular weight excluding hydrogens is 287 g/mol. The van der Waals surface area contributed by atoms with Crippen LogP contribution in [-0.4, -0.2) is 23.7 Å². The molecule has 0 saturated heterocycles. The van der Waals surface area contributed by atoms with Crippen LogP contribution in [0.15, 0.2) is 35.6 Å². The van der Waals surface area contributed by atoms with Crippen LogP contribution in [0.2, 0.25) is 0 Å². The Labute approximate surface area is 125 Å². The van der Waals surface area contributed by atoms with Crippen LogP contribution < -0.4 is 0 Å². The lowest BCUT2D eigenvalue weighted by Crippen LogP contribution is -2.24. The van der Waals surface area contributed by atoms with Gasteiger partial charge in [0.25, 0.3) is 0 Å². The van der Waals surface area contributed by atoms with Gasteiger partial charge in [0.15, 0.2) is 11.5 Å². The molecule has 110 valence electrons. The summed E-state index contributed by atoms with van der Waals surface area (Å²) in [5, 5.41) is 0. The molecule has 0 fully saturated rings. The molecule has 0 heterocycles. The Balaban J connectivity index is 2.28. The van der Waals surface area contributed by atoms with Gasteiger partial charge in [-0.15, -0.1) is 9.24 Å². The molecule has 1 aliphatic rings. The number of hydrogen-bond donors (Lipinski definition) is 0. The van der Waals surface area contributed by atoms with Gasteiger partial charge in [-0.3, -0.25) is 14.4 Å². The van der Waals surface area contributed by atoms with E-state index in [-0.39, 0.29) is 35.0 Å². The molecule has 0 N–H and O–H groups in total. The lowest BCUT2D eigenvalue weighted by atomic mass is 9.89. The Morgan fingerprint density at radius 1 is 1.19 bits per heavy atom. The van der Waals surface area contributed by atoms with Crippen LogP contribution in [0.3, 0.4) is 0 Å². The minimum Gasteiger partial charge on any atom is -0.422 e. The molecule has 1 aliphatic carbocycles. The van der Waals surface area contributed by atoms with E-state index in [1.807, 2.05) is 6.92 Å². The van der Waals surface area contributed by atoms with E-state index in [9.17, 15) is 14.4 Å². The topological polar surface area (TPSA) is 60.4 Å². The standard InChI is InChI=1S/C16H17O4P/c1-9(8-21)7-13(17)20-16-10(2)14(18)11-5-3-4-6-12(11)15(16)19/h3-6,9H,7-8,21H2,1-2H3. The van der Waals surface area contributed by atoms with Crippen molar-refractivity contribution < 1.29 is 19.1 Å². The van der Waals surface area contributed by atoms with E-state index in [1.165, 1.54) is 6.92 Å². The fraction of sp³-hybridized carbons (Fsp3) is 0.312. The Hall–Kier alpha value is -1.80. The number of fused-ring (bicyclic) bond motifs is 1. The molecule has 0 aromatic heterocycles. The summed E-state index contributed by atoms with van der Waals surface area (Å²) in [6.45, 7) is 3.43. The van der Waals surface area contributed by atoms with Crippen LogP contribution in [0, 0.1) is 5.92 Å². The molecule has 2 atom stereocenters. The van der Waals surface area contributed by atoms with Gasteiger partial charge >= 0.3 is 5.97 Å². The van der Waals surface area contributed by atoms with Crippen molar-refractivity contribution in [2.75, 3.05) is 6.16 Å². The number of esters is 1. The lowest BCUT2D eigenvalue weighted by molar-refractivity contribution is -0.139. The van der Waals surface area contributed by atoms with Crippen molar-refractivity contribution in [1.82, 2.24) is 0 Å². The highest BCUT2D eigenvalue weighted by molar-refractivity contribution is 7.16. The number of rotatable bonds is 4. The summed E-state index contributed by atoms with van der Waals surface area (Å²) in [6.07, 6.45) is 0.978. The molecule has 0 aliphatic heterocycles. The van der Waals surface area contributed by atoms with Crippen molar-refractivity contribution >= 4 is 26.8 Å². The van der Waals surface area contributed by atoms with E-state index < -0.39 is 11.8 Å². The van der Waals surface area contributed by atoms with Crippen molar-refractivity contribution in [3.63, 3.8) is 0 Å². The van der Waals surface area contributed by atoms with Crippen molar-refractivity contribution in [3.05, 3.63) is 46.7 Å². The first-order valence-corrected chi connectivity index (χ1v) is 7.57. The Bertz CT molecular complexity index is 645. The zero-order valence-corrected chi connectivity index (χ0v) is 13.2. The van der Waals surface area contributed by atoms with Gasteiger partial charge in [0.1, 0.15) is 0 Å². The molecule has 0 saturated carbocycles. The molecule has 0 spiro atoms. The summed E-state index contributed by atoms with van der Waals surface area (Å²) in [7, 11) is 2.56. The normalized spacial score (nSPS) is 15.8. The molecule has 2 rings (SSSR count). The zero-order chi connectivity index (χ0) is 15.6. The van der Waals surface area contributed by atoms with Gasteiger partial charge in [0.2, 0.25) is 5.78 Å². The summed E-state index contributed by atoms with van der Waals surface area (Å²) in [4.78, 5) is 36.5. The lowest BCUT2D eigenvalue weighted by Gasteiger charge is -2.18. The number of carbonyl (C=O) groups excluding carboxylic acids is 3. The molecule has 1 aromatic rings. The number of hydrogen-bond acceptors (Lipinski definition) is 4. The first-order valence-electron chi connectivity index (χ1n) is 6.75. The minimum atomic E-state index is -0.486. The van der Waals surface area contributed by atoms with E-state index in [4.69, 9.17) is 4.74 Å². The number of Topliss-reactive ketones (excluding diaryl/α,β-unsaturated/α-hetero) is 2. The first kappa shape index (κ1) is 15.6. The quantitative estimate of drug-likeness (QED) is 0.634. The van der Waals surface area contributed by atoms with E-state index >= 15 is 0 Å². The molecule has 5 heteroatoms.